The second kappa shape index (κ2) is 33.5. The fourth-order valence-corrected chi connectivity index (χ4v) is 24.5. The van der Waals surface area contributed by atoms with Gasteiger partial charge >= 0.3 is 0 Å². The van der Waals surface area contributed by atoms with Gasteiger partial charge in [-0.15, -0.1) is 11.3 Å². The molecular weight excluding hydrogens is 1820 g/mol. The third-order valence-corrected chi connectivity index (χ3v) is 30.7. The molecule has 147 heavy (non-hydrogen) atoms. The fraction of sp³-hybridized carbons (Fsp3) is 0. The van der Waals surface area contributed by atoms with Crippen molar-refractivity contribution in [2.45, 2.75) is 0 Å². The van der Waals surface area contributed by atoms with Gasteiger partial charge in [-0.05, 0) is 186 Å². The van der Waals surface area contributed by atoms with E-state index in [-0.39, 0.29) is 0 Å². The Balaban J connectivity index is 0.000000107. The van der Waals surface area contributed by atoms with Crippen molar-refractivity contribution in [2.24, 2.45) is 0 Å². The summed E-state index contributed by atoms with van der Waals surface area (Å²) < 4.78 is 24.4. The van der Waals surface area contributed by atoms with E-state index in [0.717, 1.165) is 198 Å². The minimum absolute atomic E-state index is 0.338. The van der Waals surface area contributed by atoms with Gasteiger partial charge in [-0.3, -0.25) is 0 Å². The number of thiophene rings is 1. The second-order valence-corrected chi connectivity index (χ2v) is 38.1. The Labute approximate surface area is 842 Å². The predicted molar refractivity (Wildman–Crippen MR) is 601 cm³/mol. The highest BCUT2D eigenvalue weighted by atomic mass is 32.1. The number of furan rings is 1. The van der Waals surface area contributed by atoms with Crippen LogP contribution < -0.4 is 0 Å². The average molecular weight is 1890 g/mol. The summed E-state index contributed by atoms with van der Waals surface area (Å²) in [5, 5.41) is 72.9. The van der Waals surface area contributed by atoms with Gasteiger partial charge in [-0.2, -0.15) is 26.3 Å². The zero-order chi connectivity index (χ0) is 97.9. The zero-order valence-electron chi connectivity index (χ0n) is 78.3. The minimum Gasteiger partial charge on any atom is -0.455 e. The molecule has 15 heteroatoms. The first-order valence-electron chi connectivity index (χ1n) is 48.5. The van der Waals surface area contributed by atoms with Crippen LogP contribution in [-0.4, -0.2) is 32.0 Å². The Hall–Kier alpha value is -20.8. The molecule has 0 radical (unpaired) electrons. The van der Waals surface area contributed by atoms with E-state index in [1.807, 2.05) is 133 Å². The predicted octanol–water partition coefficient (Wildman–Crippen LogP) is 34.2. The van der Waals surface area contributed by atoms with Gasteiger partial charge in [0.15, 0.2) is 0 Å². The highest BCUT2D eigenvalue weighted by Crippen LogP contribution is 2.51. The van der Waals surface area contributed by atoms with Crippen molar-refractivity contribution in [3.8, 4) is 92.4 Å². The first-order valence-corrected chi connectivity index (χ1v) is 49.3. The monoisotopic (exact) mass is 1890 g/mol. The number of nitriles is 5. The number of para-hydroxylation sites is 10. The number of hydrogen-bond donors (Lipinski definition) is 0. The van der Waals surface area contributed by atoms with Crippen molar-refractivity contribution in [1.82, 2.24) is 32.0 Å². The molecule has 0 aliphatic carbocycles. The summed E-state index contributed by atoms with van der Waals surface area (Å²) in [6.07, 6.45) is 0. The normalized spacial score (nSPS) is 11.6. The number of nitrogens with zero attached hydrogens (tertiary/aromatic N) is 13. The van der Waals surface area contributed by atoms with Gasteiger partial charge in [0, 0.05) is 118 Å². The van der Waals surface area contributed by atoms with Crippen molar-refractivity contribution in [1.29, 1.82) is 26.3 Å². The minimum atomic E-state index is 0.338. The van der Waals surface area contributed by atoms with E-state index in [0.29, 0.717) is 56.3 Å². The van der Waals surface area contributed by atoms with Gasteiger partial charge in [0.2, 0.25) is 5.69 Å². The van der Waals surface area contributed by atoms with Crippen molar-refractivity contribution >= 4 is 212 Å². The molecule has 678 valence electrons. The van der Waals surface area contributed by atoms with Gasteiger partial charge < -0.3 is 36.4 Å². The lowest BCUT2D eigenvalue weighted by Gasteiger charge is -2.16. The van der Waals surface area contributed by atoms with Crippen LogP contribution in [0.2, 0.25) is 0 Å². The van der Waals surface area contributed by atoms with E-state index in [4.69, 9.17) is 11.0 Å². The van der Waals surface area contributed by atoms with Crippen LogP contribution in [0.15, 0.2) is 447 Å². The lowest BCUT2D eigenvalue weighted by molar-refractivity contribution is 0.673. The maximum atomic E-state index is 10.9. The van der Waals surface area contributed by atoms with Crippen LogP contribution in [0.25, 0.3) is 262 Å². The number of aromatic nitrogens is 7. The largest absolute Gasteiger partial charge is 0.455 e. The number of hydrogen-bond acceptors (Lipinski definition) is 7. The van der Waals surface area contributed by atoms with E-state index in [1.54, 1.807) is 0 Å². The van der Waals surface area contributed by atoms with Gasteiger partial charge in [0.05, 0.1) is 140 Å². The Morgan fingerprint density at radius 2 is 0.558 bits per heavy atom. The lowest BCUT2D eigenvalue weighted by Crippen LogP contribution is -2.04. The topological polar surface area (TPSA) is 171 Å². The first-order chi connectivity index (χ1) is 72.7. The molecule has 30 aromatic rings. The summed E-state index contributed by atoms with van der Waals surface area (Å²) in [5.41, 5.74) is 28.1. The zero-order valence-corrected chi connectivity index (χ0v) is 79.1. The molecule has 0 atom stereocenters. The van der Waals surface area contributed by atoms with Crippen LogP contribution in [0.1, 0.15) is 27.8 Å². The van der Waals surface area contributed by atoms with E-state index < -0.39 is 0 Å². The Kier molecular flexibility index (Phi) is 19.2. The lowest BCUT2D eigenvalue weighted by atomic mass is 10.0. The Morgan fingerprint density at radius 1 is 0.218 bits per heavy atom. The molecule has 9 heterocycles. The standard InChI is InChI=1S/C50H28N4O.C44H25N5.C38H20N4S/c1-52-41-29-46(53-43-23-20-33(31-12-4-2-5-13-31)26-39(43)40-27-34(21-24-44(40)53)32-14-6-3-7-15-32)35(30-51)28-47(41)54-42-18-10-8-17-38(42)49-45(54)25-22-37-36-16-9-11-19-48(36)55-50(37)49;45-26-28-24-30(25-42(35(28)27-46)49-36-18-8-4-14-31(36)32-15-5-9-19-37(32)49)48-39-21-11-7-17-34(39)44-41(48)23-22-40-43(44)33-16-6-10-20-38(33)47(40)29-12-2-1-3-13-29;39-21-23-19-24(20-35(30(23)22-40)42-31-13-5-1-9-25(31)26-10-2-6-14-32(26)42)41-33-15-7-3-12-29(33)37-34(41)18-17-28-27-11-4-8-16-36(27)43-38(28)37/h2-29H;1-25H;1-20H. The summed E-state index contributed by atoms with van der Waals surface area (Å²) in [4.78, 5) is 4.13. The first kappa shape index (κ1) is 84.3. The molecule has 0 saturated heterocycles. The van der Waals surface area contributed by atoms with Crippen LogP contribution in [0.4, 0.5) is 5.69 Å². The van der Waals surface area contributed by atoms with Gasteiger partial charge in [-0.25, -0.2) is 4.85 Å². The van der Waals surface area contributed by atoms with Gasteiger partial charge in [-0.1, -0.05) is 279 Å². The van der Waals surface area contributed by atoms with Gasteiger partial charge in [0.1, 0.15) is 41.5 Å². The van der Waals surface area contributed by atoms with E-state index in [1.165, 1.54) is 36.3 Å². The van der Waals surface area contributed by atoms with Crippen LogP contribution in [0.5, 0.6) is 0 Å². The second-order valence-electron chi connectivity index (χ2n) is 37.0. The summed E-state index contributed by atoms with van der Waals surface area (Å²) >= 11 is 1.82. The maximum absolute atomic E-state index is 10.9. The SMILES string of the molecule is N#Cc1cc(-n2c3ccccc3c3c4c5ccccc5n(-c5ccccc5)c4ccc32)cc(-n2c3ccccc3c3ccccc32)c1C#N.N#Cc1cc(-n2c3ccccc3c3c4sc5ccccc5c4ccc32)cc(-n2c3ccccc3c3ccccc32)c1C#N.[C-]#[N+]c1cc(-n2c3ccc(-c4ccccc4)cc3c3cc(-c4ccccc4)ccc32)c(C#N)cc1-n1c2ccccc2c2c3oc4ccccc4c3ccc21. The molecule has 0 saturated carbocycles. The smallest absolute Gasteiger partial charge is 0.212 e. The Morgan fingerprint density at radius 3 is 1.02 bits per heavy atom. The van der Waals surface area contributed by atoms with Crippen molar-refractivity contribution in [2.75, 3.05) is 0 Å². The number of benzene rings is 21. The van der Waals surface area contributed by atoms with Crippen molar-refractivity contribution < 1.29 is 4.42 Å². The van der Waals surface area contributed by atoms with Crippen molar-refractivity contribution in [3.05, 3.63) is 482 Å². The van der Waals surface area contributed by atoms with Crippen LogP contribution in [0.3, 0.4) is 0 Å². The van der Waals surface area contributed by atoms with E-state index >= 15 is 0 Å². The number of fused-ring (bicyclic) bond motifs is 30. The third-order valence-electron chi connectivity index (χ3n) is 29.5. The molecular formula is C132H73N13OS. The quantitative estimate of drug-likeness (QED) is 0.130. The molecule has 14 nitrogen and oxygen atoms in total. The molecule has 0 bridgehead atoms. The van der Waals surface area contributed by atoms with E-state index in [9.17, 15) is 26.3 Å². The van der Waals surface area contributed by atoms with Gasteiger partial charge in [0.25, 0.3) is 0 Å². The van der Waals surface area contributed by atoms with Crippen LogP contribution >= 0.6 is 11.3 Å². The van der Waals surface area contributed by atoms with Crippen molar-refractivity contribution in [3.63, 3.8) is 0 Å². The molecule has 9 aromatic heterocycles. The molecule has 0 fully saturated rings. The molecule has 0 spiro atoms. The Bertz CT molecular complexity index is 11000. The number of rotatable bonds is 9. The van der Waals surface area contributed by atoms with Crippen LogP contribution in [-0.2, 0) is 0 Å². The highest BCUT2D eigenvalue weighted by molar-refractivity contribution is 7.26. The summed E-state index contributed by atoms with van der Waals surface area (Å²) in [6.45, 7) is 8.53. The fourth-order valence-electron chi connectivity index (χ4n) is 23.3. The molecule has 21 aromatic carbocycles. The third kappa shape index (κ3) is 12.7. The molecule has 0 unspecified atom stereocenters. The molecule has 0 aliphatic heterocycles. The average Bonchev–Trinajstić information content (AvgIpc) is 1.55. The molecule has 0 N–H and O–H groups in total. The summed E-state index contributed by atoms with van der Waals surface area (Å²) in [7, 11) is 0. The summed E-state index contributed by atoms with van der Waals surface area (Å²) in [6, 6.07) is 164. The molecule has 0 aliphatic rings. The molecule has 30 rings (SSSR count). The highest BCUT2D eigenvalue weighted by Gasteiger charge is 2.30. The maximum Gasteiger partial charge on any atom is 0.212 e. The van der Waals surface area contributed by atoms with E-state index in [2.05, 4.69) is 389 Å². The van der Waals surface area contributed by atoms with Crippen LogP contribution in [0, 0.1) is 63.2 Å². The summed E-state index contributed by atoms with van der Waals surface area (Å²) in [5.74, 6) is 0. The molecule has 0 amide bonds.